The molecule has 6 nitrogen and oxygen atoms in total. The van der Waals surface area contributed by atoms with Gasteiger partial charge in [0.1, 0.15) is 11.5 Å². The van der Waals surface area contributed by atoms with Crippen molar-refractivity contribution in [2.24, 2.45) is 20.5 Å². The molecule has 0 bridgehead atoms. The Labute approximate surface area is 244 Å². The molecule has 0 aliphatic carbocycles. The van der Waals surface area contributed by atoms with Crippen molar-refractivity contribution in [1.29, 1.82) is 0 Å². The van der Waals surface area contributed by atoms with Crippen molar-refractivity contribution >= 4 is 22.7 Å². The number of hydrogen-bond acceptors (Lipinski definition) is 6. The Bertz CT molecular complexity index is 1320. The summed E-state index contributed by atoms with van der Waals surface area (Å²) in [6.45, 7) is 3.63. The normalized spacial score (nSPS) is 11.3. The molecule has 212 valence electrons. The molecule has 4 rings (SSSR count). The molecule has 4 aromatic rings. The number of ether oxygens (including phenoxy) is 2. The van der Waals surface area contributed by atoms with Crippen LogP contribution >= 0.6 is 0 Å². The maximum Gasteiger partial charge on any atom is 0.119 e. The second-order valence-corrected chi connectivity index (χ2v) is 9.96. The molecule has 4 aromatic carbocycles. The van der Waals surface area contributed by atoms with Gasteiger partial charge in [-0.1, -0.05) is 50.1 Å². The number of nitrogens with zero attached hydrogens (tertiary/aromatic N) is 4. The Balaban J connectivity index is 1.05. The van der Waals surface area contributed by atoms with Crippen LogP contribution in [-0.2, 0) is 6.42 Å². The zero-order valence-corrected chi connectivity index (χ0v) is 24.0. The zero-order valence-electron chi connectivity index (χ0n) is 24.0. The molecule has 0 saturated heterocycles. The van der Waals surface area contributed by atoms with Crippen molar-refractivity contribution in [3.05, 3.63) is 109 Å². The quantitative estimate of drug-likeness (QED) is 0.0972. The SMILES string of the molecule is CCCCCc1ccc(N=Nc2ccc(OCCCCCCOc3ccc(N=Nc4ccccc4)cc3)cc2)cc1. The highest BCUT2D eigenvalue weighted by Crippen LogP contribution is 2.23. The van der Waals surface area contributed by atoms with Crippen LogP contribution in [0.25, 0.3) is 0 Å². The van der Waals surface area contributed by atoms with Gasteiger partial charge in [-0.2, -0.15) is 20.5 Å². The number of benzene rings is 4. The third-order valence-corrected chi connectivity index (χ3v) is 6.57. The maximum atomic E-state index is 5.89. The lowest BCUT2D eigenvalue weighted by molar-refractivity contribution is 0.287. The fourth-order valence-electron chi connectivity index (χ4n) is 4.19. The Morgan fingerprint density at radius 1 is 0.439 bits per heavy atom. The van der Waals surface area contributed by atoms with Crippen LogP contribution in [0, 0.1) is 0 Å². The standard InChI is InChI=1S/C35H40N4O2/c1-2-3-7-12-29-15-17-31(18-16-29)37-39-33-21-25-35(26-22-33)41-28-11-5-4-10-27-40-34-23-19-32(20-24-34)38-36-30-13-8-6-9-14-30/h6,8-9,13-26H,2-5,7,10-12,27-28H2,1H3. The summed E-state index contributed by atoms with van der Waals surface area (Å²) >= 11 is 0. The van der Waals surface area contributed by atoms with E-state index in [1.807, 2.05) is 91.0 Å². The largest absolute Gasteiger partial charge is 0.494 e. The lowest BCUT2D eigenvalue weighted by Crippen LogP contribution is -1.99. The highest BCUT2D eigenvalue weighted by Gasteiger charge is 1.99. The monoisotopic (exact) mass is 548 g/mol. The smallest absolute Gasteiger partial charge is 0.119 e. The van der Waals surface area contributed by atoms with E-state index in [0.717, 1.165) is 66.4 Å². The fraction of sp³-hybridized carbons (Fsp3) is 0.314. The average molecular weight is 549 g/mol. The van der Waals surface area contributed by atoms with Gasteiger partial charge in [0.05, 0.1) is 36.0 Å². The van der Waals surface area contributed by atoms with E-state index in [1.165, 1.54) is 24.8 Å². The van der Waals surface area contributed by atoms with Crippen LogP contribution in [0.5, 0.6) is 11.5 Å². The molecular weight excluding hydrogens is 508 g/mol. The van der Waals surface area contributed by atoms with Crippen molar-refractivity contribution in [1.82, 2.24) is 0 Å². The van der Waals surface area contributed by atoms with Gasteiger partial charge in [0.25, 0.3) is 0 Å². The number of unbranched alkanes of at least 4 members (excludes halogenated alkanes) is 5. The molecule has 0 amide bonds. The maximum absolute atomic E-state index is 5.89. The molecule has 0 aromatic heterocycles. The van der Waals surface area contributed by atoms with Gasteiger partial charge in [-0.25, -0.2) is 0 Å². The first-order chi connectivity index (χ1) is 20.3. The summed E-state index contributed by atoms with van der Waals surface area (Å²) in [5, 5.41) is 17.2. The lowest BCUT2D eigenvalue weighted by Gasteiger charge is -2.07. The van der Waals surface area contributed by atoms with E-state index < -0.39 is 0 Å². The van der Waals surface area contributed by atoms with Crippen LogP contribution in [0.3, 0.4) is 0 Å². The molecule has 0 spiro atoms. The Morgan fingerprint density at radius 3 is 1.34 bits per heavy atom. The number of hydrogen-bond donors (Lipinski definition) is 0. The van der Waals surface area contributed by atoms with Gasteiger partial charge in [0, 0.05) is 0 Å². The van der Waals surface area contributed by atoms with Crippen LogP contribution in [0.15, 0.2) is 124 Å². The van der Waals surface area contributed by atoms with Crippen molar-refractivity contribution in [3.8, 4) is 11.5 Å². The number of azo groups is 2. The van der Waals surface area contributed by atoms with E-state index in [2.05, 4.69) is 39.5 Å². The highest BCUT2D eigenvalue weighted by molar-refractivity contribution is 5.44. The fourth-order valence-corrected chi connectivity index (χ4v) is 4.19. The summed E-state index contributed by atoms with van der Waals surface area (Å²) < 4.78 is 11.8. The van der Waals surface area contributed by atoms with E-state index in [1.54, 1.807) is 0 Å². The second-order valence-electron chi connectivity index (χ2n) is 9.96. The molecule has 0 N–H and O–H groups in total. The molecule has 0 heterocycles. The van der Waals surface area contributed by atoms with Gasteiger partial charge in [-0.15, -0.1) is 0 Å². The molecule has 0 aliphatic rings. The molecule has 0 aliphatic heterocycles. The molecule has 6 heteroatoms. The minimum Gasteiger partial charge on any atom is -0.494 e. The van der Waals surface area contributed by atoms with E-state index in [9.17, 15) is 0 Å². The topological polar surface area (TPSA) is 67.9 Å². The van der Waals surface area contributed by atoms with E-state index >= 15 is 0 Å². The van der Waals surface area contributed by atoms with Crippen molar-refractivity contribution in [2.45, 2.75) is 58.3 Å². The highest BCUT2D eigenvalue weighted by atomic mass is 16.5. The van der Waals surface area contributed by atoms with Crippen LogP contribution in [-0.4, -0.2) is 13.2 Å². The molecular formula is C35H40N4O2. The summed E-state index contributed by atoms with van der Waals surface area (Å²) in [6.07, 6.45) is 9.11. The second kappa shape index (κ2) is 17.4. The van der Waals surface area contributed by atoms with E-state index in [4.69, 9.17) is 9.47 Å². The molecule has 0 radical (unpaired) electrons. The first kappa shape index (κ1) is 29.7. The van der Waals surface area contributed by atoms with Crippen molar-refractivity contribution in [2.75, 3.05) is 13.2 Å². The minimum atomic E-state index is 0.699. The average Bonchev–Trinajstić information content (AvgIpc) is 3.03. The third-order valence-electron chi connectivity index (χ3n) is 6.57. The third kappa shape index (κ3) is 11.4. The summed E-state index contributed by atoms with van der Waals surface area (Å²) in [4.78, 5) is 0. The van der Waals surface area contributed by atoms with Gasteiger partial charge >= 0.3 is 0 Å². The molecule has 0 saturated carbocycles. The molecule has 0 unspecified atom stereocenters. The minimum absolute atomic E-state index is 0.699. The number of rotatable bonds is 17. The summed E-state index contributed by atoms with van der Waals surface area (Å²) in [5.74, 6) is 1.71. The van der Waals surface area contributed by atoms with E-state index in [0.29, 0.717) is 13.2 Å². The van der Waals surface area contributed by atoms with Gasteiger partial charge < -0.3 is 9.47 Å². The van der Waals surface area contributed by atoms with E-state index in [-0.39, 0.29) is 0 Å². The van der Waals surface area contributed by atoms with Crippen LogP contribution in [0.2, 0.25) is 0 Å². The van der Waals surface area contributed by atoms with Gasteiger partial charge in [0.2, 0.25) is 0 Å². The predicted octanol–water partition coefficient (Wildman–Crippen LogP) is 11.3. The van der Waals surface area contributed by atoms with Crippen molar-refractivity contribution < 1.29 is 9.47 Å². The van der Waals surface area contributed by atoms with Crippen molar-refractivity contribution in [3.63, 3.8) is 0 Å². The van der Waals surface area contributed by atoms with Crippen LogP contribution in [0.4, 0.5) is 22.7 Å². The Kier molecular flexibility index (Phi) is 12.6. The van der Waals surface area contributed by atoms with Gasteiger partial charge in [-0.3, -0.25) is 0 Å². The zero-order chi connectivity index (χ0) is 28.4. The predicted molar refractivity (Wildman–Crippen MR) is 167 cm³/mol. The van der Waals surface area contributed by atoms with Gasteiger partial charge in [-0.05, 0) is 117 Å². The Hall–Kier alpha value is -4.32. The molecule has 41 heavy (non-hydrogen) atoms. The molecule has 0 fully saturated rings. The first-order valence-corrected chi connectivity index (χ1v) is 14.7. The lowest BCUT2D eigenvalue weighted by atomic mass is 10.1. The summed E-state index contributed by atoms with van der Waals surface area (Å²) in [5.41, 5.74) is 4.69. The molecule has 0 atom stereocenters. The van der Waals surface area contributed by atoms with Crippen LogP contribution in [0.1, 0.15) is 57.4 Å². The Morgan fingerprint density at radius 2 is 0.878 bits per heavy atom. The summed E-state index contributed by atoms with van der Waals surface area (Å²) in [6, 6.07) is 33.6. The number of aryl methyl sites for hydroxylation is 1. The first-order valence-electron chi connectivity index (χ1n) is 14.7. The summed E-state index contributed by atoms with van der Waals surface area (Å²) in [7, 11) is 0. The van der Waals surface area contributed by atoms with Gasteiger partial charge in [0.15, 0.2) is 0 Å². The van der Waals surface area contributed by atoms with Crippen LogP contribution < -0.4 is 9.47 Å².